The average Bonchev–Trinajstić information content (AvgIpc) is 3.18. The van der Waals surface area contributed by atoms with Crippen LogP contribution >= 0.6 is 11.3 Å². The van der Waals surface area contributed by atoms with Crippen LogP contribution in [0.15, 0.2) is 53.9 Å². The highest BCUT2D eigenvalue weighted by Gasteiger charge is 2.27. The number of nitrogens with zero attached hydrogens (tertiary/aromatic N) is 2. The predicted octanol–water partition coefficient (Wildman–Crippen LogP) is 3.69. The van der Waals surface area contributed by atoms with Crippen LogP contribution in [0.2, 0.25) is 0 Å². The lowest BCUT2D eigenvalue weighted by Gasteiger charge is -2.26. The molecule has 0 unspecified atom stereocenters. The maximum absolute atomic E-state index is 12.3. The highest BCUT2D eigenvalue weighted by molar-refractivity contribution is 7.14. The first-order valence-corrected chi connectivity index (χ1v) is 9.51. The van der Waals surface area contributed by atoms with Gasteiger partial charge in [0.1, 0.15) is 11.9 Å². The minimum absolute atomic E-state index is 0.156. The van der Waals surface area contributed by atoms with E-state index < -0.39 is 6.17 Å². The van der Waals surface area contributed by atoms with Crippen molar-refractivity contribution < 1.29 is 14.3 Å². The predicted molar refractivity (Wildman–Crippen MR) is 108 cm³/mol. The Balaban J connectivity index is 1.62. The van der Waals surface area contributed by atoms with Crippen LogP contribution < -0.4 is 20.3 Å². The third-order valence-electron chi connectivity index (χ3n) is 4.39. The van der Waals surface area contributed by atoms with Crippen molar-refractivity contribution in [3.05, 3.63) is 65.2 Å². The van der Waals surface area contributed by atoms with Gasteiger partial charge in [-0.2, -0.15) is 0 Å². The van der Waals surface area contributed by atoms with E-state index in [0.29, 0.717) is 27.8 Å². The van der Waals surface area contributed by atoms with Crippen LogP contribution in [0.5, 0.6) is 5.75 Å². The first-order chi connectivity index (χ1) is 13.6. The number of fused-ring (bicyclic) bond motifs is 1. The van der Waals surface area contributed by atoms with E-state index in [1.54, 1.807) is 37.4 Å². The van der Waals surface area contributed by atoms with Crippen molar-refractivity contribution in [1.82, 2.24) is 10.3 Å². The standard InChI is InChI=1S/C20H18N4O3S/c1-12(25)24(13-7-9-14(27-2)10-8-13)20-22-17(11-28-20)18-21-16-6-4-3-5-15(16)19(26)23-18/h3-11,18,21H,1-2H3,(H,23,26)/t18-/m1/s1. The van der Waals surface area contributed by atoms with E-state index >= 15 is 0 Å². The molecule has 1 aliphatic rings. The van der Waals surface area contributed by atoms with Crippen molar-refractivity contribution in [2.75, 3.05) is 17.3 Å². The Morgan fingerprint density at radius 2 is 1.89 bits per heavy atom. The van der Waals surface area contributed by atoms with Gasteiger partial charge in [-0.3, -0.25) is 14.5 Å². The minimum atomic E-state index is -0.461. The zero-order valence-electron chi connectivity index (χ0n) is 15.3. The van der Waals surface area contributed by atoms with Crippen LogP contribution in [0.25, 0.3) is 0 Å². The molecule has 4 rings (SSSR count). The Morgan fingerprint density at radius 1 is 1.14 bits per heavy atom. The number of methoxy groups -OCH3 is 1. The monoisotopic (exact) mass is 394 g/mol. The molecule has 8 heteroatoms. The number of para-hydroxylation sites is 1. The van der Waals surface area contributed by atoms with Gasteiger partial charge in [0.2, 0.25) is 5.91 Å². The number of anilines is 3. The average molecular weight is 394 g/mol. The van der Waals surface area contributed by atoms with Crippen molar-refractivity contribution in [2.24, 2.45) is 0 Å². The fourth-order valence-electron chi connectivity index (χ4n) is 3.03. The molecule has 2 N–H and O–H groups in total. The summed E-state index contributed by atoms with van der Waals surface area (Å²) in [6, 6.07) is 14.5. The zero-order valence-corrected chi connectivity index (χ0v) is 16.1. The van der Waals surface area contributed by atoms with E-state index in [4.69, 9.17) is 4.74 Å². The molecule has 0 fully saturated rings. The van der Waals surface area contributed by atoms with Crippen molar-refractivity contribution in [3.63, 3.8) is 0 Å². The van der Waals surface area contributed by atoms with Crippen LogP contribution in [-0.2, 0) is 4.79 Å². The van der Waals surface area contributed by atoms with Gasteiger partial charge in [-0.05, 0) is 36.4 Å². The number of rotatable bonds is 4. The maximum Gasteiger partial charge on any atom is 0.255 e. The molecule has 3 aromatic rings. The SMILES string of the molecule is COc1ccc(N(C(C)=O)c2nc([C@H]3NC(=O)c4ccccc4N3)cs2)cc1. The van der Waals surface area contributed by atoms with Gasteiger partial charge in [0.05, 0.1) is 24.1 Å². The molecule has 1 aromatic heterocycles. The third kappa shape index (κ3) is 3.29. The van der Waals surface area contributed by atoms with E-state index in [1.165, 1.54) is 23.2 Å². The van der Waals surface area contributed by atoms with E-state index in [9.17, 15) is 9.59 Å². The van der Waals surface area contributed by atoms with Gasteiger partial charge in [0.25, 0.3) is 5.91 Å². The van der Waals surface area contributed by atoms with Gasteiger partial charge in [-0.25, -0.2) is 4.98 Å². The fraction of sp³-hybridized carbons (Fsp3) is 0.150. The number of hydrogen-bond acceptors (Lipinski definition) is 6. The number of ether oxygens (including phenoxy) is 1. The summed E-state index contributed by atoms with van der Waals surface area (Å²) in [6.45, 7) is 1.49. The Bertz CT molecular complexity index is 1030. The highest BCUT2D eigenvalue weighted by Crippen LogP contribution is 2.33. The van der Waals surface area contributed by atoms with Crippen LogP contribution in [0.4, 0.5) is 16.5 Å². The van der Waals surface area contributed by atoms with Crippen LogP contribution in [0, 0.1) is 0 Å². The van der Waals surface area contributed by atoms with Gasteiger partial charge in [-0.1, -0.05) is 12.1 Å². The number of aromatic nitrogens is 1. The van der Waals surface area contributed by atoms with Crippen LogP contribution in [-0.4, -0.2) is 23.9 Å². The molecule has 0 spiro atoms. The van der Waals surface area contributed by atoms with Gasteiger partial charge in [0, 0.05) is 18.0 Å². The molecule has 1 aliphatic heterocycles. The molecule has 0 saturated heterocycles. The largest absolute Gasteiger partial charge is 0.497 e. The van der Waals surface area contributed by atoms with Crippen molar-refractivity contribution in [2.45, 2.75) is 13.1 Å². The molecule has 2 aromatic carbocycles. The number of amides is 2. The molecule has 2 heterocycles. The molecule has 0 aliphatic carbocycles. The topological polar surface area (TPSA) is 83.6 Å². The van der Waals surface area contributed by atoms with Crippen molar-refractivity contribution in [1.29, 1.82) is 0 Å². The molecule has 0 radical (unpaired) electrons. The van der Waals surface area contributed by atoms with E-state index in [0.717, 1.165) is 5.69 Å². The Labute approximate surface area is 166 Å². The Kier molecular flexibility index (Phi) is 4.70. The lowest BCUT2D eigenvalue weighted by molar-refractivity contribution is -0.115. The van der Waals surface area contributed by atoms with E-state index in [1.807, 2.05) is 23.6 Å². The molecule has 2 amide bonds. The first kappa shape index (κ1) is 18.0. The zero-order chi connectivity index (χ0) is 19.7. The van der Waals surface area contributed by atoms with Gasteiger partial charge in [-0.15, -0.1) is 11.3 Å². The van der Waals surface area contributed by atoms with Crippen molar-refractivity contribution in [3.8, 4) is 5.75 Å². The second kappa shape index (κ2) is 7.32. The summed E-state index contributed by atoms with van der Waals surface area (Å²) in [5, 5.41) is 8.54. The molecular weight excluding hydrogens is 376 g/mol. The normalized spacial score (nSPS) is 15.2. The molecular formula is C20H18N4O3S. The fourth-order valence-corrected chi connectivity index (χ4v) is 3.94. The number of thiazole rings is 1. The maximum atomic E-state index is 12.3. The summed E-state index contributed by atoms with van der Waals surface area (Å²) in [6.07, 6.45) is -0.461. The van der Waals surface area contributed by atoms with Crippen molar-refractivity contribution >= 4 is 39.7 Å². The molecule has 1 atom stereocenters. The highest BCUT2D eigenvalue weighted by atomic mass is 32.1. The summed E-state index contributed by atoms with van der Waals surface area (Å²) in [5.74, 6) is 0.393. The minimum Gasteiger partial charge on any atom is -0.497 e. The number of carbonyl (C=O) groups is 2. The second-order valence-corrected chi connectivity index (χ2v) is 7.04. The number of nitrogens with one attached hydrogen (secondary N) is 2. The second-order valence-electron chi connectivity index (χ2n) is 6.20. The summed E-state index contributed by atoms with van der Waals surface area (Å²) in [4.78, 5) is 30.8. The number of carbonyl (C=O) groups excluding carboxylic acids is 2. The molecule has 7 nitrogen and oxygen atoms in total. The van der Waals surface area contributed by atoms with Crippen LogP contribution in [0.1, 0.15) is 29.1 Å². The third-order valence-corrected chi connectivity index (χ3v) is 5.23. The Hall–Kier alpha value is -3.39. The van der Waals surface area contributed by atoms with Crippen LogP contribution in [0.3, 0.4) is 0 Å². The summed E-state index contributed by atoms with van der Waals surface area (Å²) >= 11 is 1.34. The molecule has 0 bridgehead atoms. The first-order valence-electron chi connectivity index (χ1n) is 8.63. The summed E-state index contributed by atoms with van der Waals surface area (Å²) < 4.78 is 5.17. The van der Waals surface area contributed by atoms with Gasteiger partial charge >= 0.3 is 0 Å². The van der Waals surface area contributed by atoms with E-state index in [-0.39, 0.29) is 11.8 Å². The summed E-state index contributed by atoms with van der Waals surface area (Å²) in [7, 11) is 1.59. The Morgan fingerprint density at radius 3 is 2.61 bits per heavy atom. The number of benzene rings is 2. The van der Waals surface area contributed by atoms with Gasteiger partial charge in [0.15, 0.2) is 5.13 Å². The quantitative estimate of drug-likeness (QED) is 0.705. The molecule has 28 heavy (non-hydrogen) atoms. The lowest BCUT2D eigenvalue weighted by Crippen LogP contribution is -2.38. The number of hydrogen-bond donors (Lipinski definition) is 2. The summed E-state index contributed by atoms with van der Waals surface area (Å²) in [5.41, 5.74) is 2.69. The van der Waals surface area contributed by atoms with E-state index in [2.05, 4.69) is 15.6 Å². The molecule has 142 valence electrons. The lowest BCUT2D eigenvalue weighted by atomic mass is 10.1. The smallest absolute Gasteiger partial charge is 0.255 e. The van der Waals surface area contributed by atoms with Gasteiger partial charge < -0.3 is 15.4 Å². The molecule has 0 saturated carbocycles.